The number of rotatable bonds is 3. The number of aromatic hydroxyl groups is 1. The Bertz CT molecular complexity index is 1420. The standard InChI is InChI=1S/C25H28N6OS/c1-4-33(3)31-12-11-30(16-25(31)9-10-25)24-26-15-21-22(28-29(2)23(21)27-24)20-14-18(32)13-17-7-5-6-8-19(17)20/h4-8,13-15,32H,9-12,16H2,1-3H3. The number of nitrogens with zero attached hydrogens (tertiary/aromatic N) is 6. The number of phenols is 1. The smallest absolute Gasteiger partial charge is 0.227 e. The highest BCUT2D eigenvalue weighted by atomic mass is 32.2. The Labute approximate surface area is 195 Å². The molecule has 1 spiro atoms. The Kier molecular flexibility index (Phi) is 4.71. The number of fused-ring (bicyclic) bond motifs is 2. The van der Waals surface area contributed by atoms with Crippen LogP contribution in [0.15, 0.2) is 42.6 Å². The van der Waals surface area contributed by atoms with Crippen molar-refractivity contribution in [3.63, 3.8) is 0 Å². The number of anilines is 1. The van der Waals surface area contributed by atoms with E-state index in [1.807, 2.05) is 36.1 Å². The maximum absolute atomic E-state index is 10.3. The fourth-order valence-electron chi connectivity index (χ4n) is 5.13. The Hall–Kier alpha value is -2.97. The van der Waals surface area contributed by atoms with Gasteiger partial charge in [0.15, 0.2) is 5.65 Å². The fraction of sp³-hybridized carbons (Fsp3) is 0.360. The van der Waals surface area contributed by atoms with Gasteiger partial charge in [0.1, 0.15) is 11.4 Å². The molecule has 2 aromatic carbocycles. The first-order valence-corrected chi connectivity index (χ1v) is 13.0. The van der Waals surface area contributed by atoms with Crippen LogP contribution in [0.25, 0.3) is 33.1 Å². The second-order valence-corrected chi connectivity index (χ2v) is 11.1. The quantitative estimate of drug-likeness (QED) is 0.463. The van der Waals surface area contributed by atoms with E-state index in [4.69, 9.17) is 15.1 Å². The maximum Gasteiger partial charge on any atom is 0.227 e. The summed E-state index contributed by atoms with van der Waals surface area (Å²) in [6.07, 6.45) is 6.71. The minimum atomic E-state index is 0.207. The molecule has 3 heterocycles. The van der Waals surface area contributed by atoms with Crippen molar-refractivity contribution >= 4 is 43.8 Å². The summed E-state index contributed by atoms with van der Waals surface area (Å²) < 4.78 is 4.50. The van der Waals surface area contributed by atoms with Gasteiger partial charge in [-0.25, -0.2) is 14.0 Å². The average Bonchev–Trinajstić information content (AvgIpc) is 3.51. The van der Waals surface area contributed by atoms with Crippen molar-refractivity contribution in [2.75, 3.05) is 30.8 Å². The van der Waals surface area contributed by atoms with Crippen LogP contribution < -0.4 is 4.90 Å². The number of aromatic nitrogens is 4. The lowest BCUT2D eigenvalue weighted by Gasteiger charge is -2.42. The summed E-state index contributed by atoms with van der Waals surface area (Å²) >= 11 is 0. The topological polar surface area (TPSA) is 70.3 Å². The van der Waals surface area contributed by atoms with Gasteiger partial charge in [-0.05, 0) is 48.9 Å². The van der Waals surface area contributed by atoms with Gasteiger partial charge in [-0.1, -0.05) is 29.6 Å². The van der Waals surface area contributed by atoms with Gasteiger partial charge in [0, 0.05) is 44.0 Å². The predicted molar refractivity (Wildman–Crippen MR) is 137 cm³/mol. The number of benzene rings is 2. The summed E-state index contributed by atoms with van der Waals surface area (Å²) in [5.74, 6) is 1.01. The van der Waals surface area contributed by atoms with Crippen LogP contribution >= 0.6 is 10.7 Å². The highest BCUT2D eigenvalue weighted by molar-refractivity contribution is 8.12. The van der Waals surface area contributed by atoms with Crippen LogP contribution in [-0.4, -0.2) is 66.0 Å². The molecule has 1 aliphatic carbocycles. The highest BCUT2D eigenvalue weighted by Gasteiger charge is 2.52. The zero-order chi connectivity index (χ0) is 22.7. The molecule has 1 N–H and O–H groups in total. The van der Waals surface area contributed by atoms with E-state index in [1.165, 1.54) is 12.8 Å². The number of hydrogen-bond donors (Lipinski definition) is 1. The van der Waals surface area contributed by atoms with Crippen molar-refractivity contribution in [1.82, 2.24) is 24.1 Å². The SMILES string of the molecule is C/C=S(\C)N1CCN(c2ncc3c(-c4cc(O)cc5ccccc45)nn(C)c3n2)CC12CC2. The van der Waals surface area contributed by atoms with Crippen molar-refractivity contribution in [3.05, 3.63) is 42.6 Å². The molecule has 1 saturated heterocycles. The second-order valence-electron chi connectivity index (χ2n) is 9.10. The molecule has 1 unspecified atom stereocenters. The largest absolute Gasteiger partial charge is 0.508 e. The first kappa shape index (κ1) is 20.6. The molecule has 1 aliphatic heterocycles. The van der Waals surface area contributed by atoms with E-state index in [9.17, 15) is 5.11 Å². The van der Waals surface area contributed by atoms with Crippen molar-refractivity contribution in [2.45, 2.75) is 25.3 Å². The number of phenolic OH excluding ortho intramolecular Hbond substituents is 1. The van der Waals surface area contributed by atoms with Gasteiger partial charge < -0.3 is 10.0 Å². The van der Waals surface area contributed by atoms with E-state index < -0.39 is 0 Å². The Morgan fingerprint density at radius 1 is 1.12 bits per heavy atom. The molecule has 33 heavy (non-hydrogen) atoms. The van der Waals surface area contributed by atoms with Crippen LogP contribution in [0, 0.1) is 0 Å². The normalized spacial score (nSPS) is 19.1. The summed E-state index contributed by atoms with van der Waals surface area (Å²) in [7, 11) is 2.13. The summed E-state index contributed by atoms with van der Waals surface area (Å²) in [4.78, 5) is 12.1. The summed E-state index contributed by atoms with van der Waals surface area (Å²) in [5, 5.41) is 20.4. The van der Waals surface area contributed by atoms with Gasteiger partial charge in [-0.3, -0.25) is 0 Å². The van der Waals surface area contributed by atoms with Crippen LogP contribution in [0.3, 0.4) is 0 Å². The van der Waals surface area contributed by atoms with Gasteiger partial charge in [0.05, 0.1) is 5.39 Å². The first-order chi connectivity index (χ1) is 16.0. The third-order valence-corrected chi connectivity index (χ3v) is 9.00. The Balaban J connectivity index is 1.40. The molecular formula is C25H28N6OS. The molecule has 6 rings (SSSR count). The molecular weight excluding hydrogens is 432 g/mol. The number of aryl methyl sites for hydroxylation is 1. The van der Waals surface area contributed by atoms with Crippen LogP contribution in [0.2, 0.25) is 0 Å². The van der Waals surface area contributed by atoms with Crippen molar-refractivity contribution in [2.24, 2.45) is 7.05 Å². The first-order valence-electron chi connectivity index (χ1n) is 11.4. The fourth-order valence-corrected chi connectivity index (χ4v) is 6.61. The third-order valence-electron chi connectivity index (χ3n) is 7.06. The summed E-state index contributed by atoms with van der Waals surface area (Å²) in [6, 6.07) is 11.6. The molecule has 8 heteroatoms. The third kappa shape index (κ3) is 3.31. The summed E-state index contributed by atoms with van der Waals surface area (Å²) in [6.45, 7) is 5.11. The van der Waals surface area contributed by atoms with Crippen LogP contribution in [0.1, 0.15) is 19.8 Å². The van der Waals surface area contributed by atoms with Gasteiger partial charge in [0.25, 0.3) is 0 Å². The van der Waals surface area contributed by atoms with Gasteiger partial charge >= 0.3 is 0 Å². The average molecular weight is 461 g/mol. The lowest BCUT2D eigenvalue weighted by molar-refractivity contribution is 0.295. The lowest BCUT2D eigenvalue weighted by atomic mass is 10.0. The molecule has 2 aliphatic rings. The summed E-state index contributed by atoms with van der Waals surface area (Å²) in [5.41, 5.74) is 2.78. The van der Waals surface area contributed by atoms with E-state index in [-0.39, 0.29) is 22.0 Å². The minimum Gasteiger partial charge on any atom is -0.508 e. The highest BCUT2D eigenvalue weighted by Crippen LogP contribution is 2.49. The number of piperazine rings is 1. The van der Waals surface area contributed by atoms with Gasteiger partial charge in [-0.15, -0.1) is 10.7 Å². The molecule has 0 radical (unpaired) electrons. The van der Waals surface area contributed by atoms with Crippen molar-refractivity contribution < 1.29 is 5.11 Å². The van der Waals surface area contributed by atoms with E-state index >= 15 is 0 Å². The zero-order valence-electron chi connectivity index (χ0n) is 19.2. The van der Waals surface area contributed by atoms with Crippen molar-refractivity contribution in [3.8, 4) is 17.0 Å². The molecule has 1 atom stereocenters. The molecule has 2 aromatic heterocycles. The molecule has 170 valence electrons. The molecule has 0 bridgehead atoms. The minimum absolute atomic E-state index is 0.207. The van der Waals surface area contributed by atoms with Crippen LogP contribution in [0.4, 0.5) is 5.95 Å². The van der Waals surface area contributed by atoms with Gasteiger partial charge in [0.2, 0.25) is 5.95 Å². The van der Waals surface area contributed by atoms with Crippen molar-refractivity contribution in [1.29, 1.82) is 0 Å². The molecule has 1 saturated carbocycles. The monoisotopic (exact) mass is 460 g/mol. The molecule has 0 amide bonds. The van der Waals surface area contributed by atoms with E-state index in [1.54, 1.807) is 12.1 Å². The zero-order valence-corrected chi connectivity index (χ0v) is 20.0. The van der Waals surface area contributed by atoms with Crippen LogP contribution in [0.5, 0.6) is 5.75 Å². The molecule has 2 fully saturated rings. The Morgan fingerprint density at radius 2 is 1.94 bits per heavy atom. The van der Waals surface area contributed by atoms with Crippen LogP contribution in [-0.2, 0) is 7.05 Å². The van der Waals surface area contributed by atoms with E-state index in [0.717, 1.165) is 58.6 Å². The number of hydrogen-bond acceptors (Lipinski definition) is 6. The van der Waals surface area contributed by atoms with E-state index in [0.29, 0.717) is 0 Å². The van der Waals surface area contributed by atoms with Gasteiger partial charge in [-0.2, -0.15) is 10.1 Å². The molecule has 4 aromatic rings. The molecule has 7 nitrogen and oxygen atoms in total. The predicted octanol–water partition coefficient (Wildman–Crippen LogP) is 4.18. The second kappa shape index (κ2) is 7.53. The maximum atomic E-state index is 10.3. The van der Waals surface area contributed by atoms with E-state index in [2.05, 4.69) is 33.8 Å². The lowest BCUT2D eigenvalue weighted by Crippen LogP contribution is -2.53. The Morgan fingerprint density at radius 3 is 2.73 bits per heavy atom.